The molecule has 0 saturated heterocycles. The van der Waals surface area contributed by atoms with Crippen LogP contribution >= 0.6 is 12.4 Å². The molecule has 13 heteroatoms. The number of carbonyl (C=O) groups is 3. The van der Waals surface area contributed by atoms with Crippen molar-refractivity contribution >= 4 is 53.6 Å². The minimum Gasteiger partial charge on any atom is -0.443 e. The highest BCUT2D eigenvalue weighted by molar-refractivity contribution is 6.05. The number of benzene rings is 4. The van der Waals surface area contributed by atoms with Crippen LogP contribution in [0.15, 0.2) is 109 Å². The molecule has 7 N–H and O–H groups in total. The molecule has 0 unspecified atom stereocenters. The molecule has 0 aliphatic rings. The number of ether oxygens (including phenoxy) is 1. The predicted molar refractivity (Wildman–Crippen MR) is 245 cm³/mol. The highest BCUT2D eigenvalue weighted by Gasteiger charge is 2.23. The third kappa shape index (κ3) is 13.6. The number of nitrogens with two attached hydrogens (primary N) is 2. The van der Waals surface area contributed by atoms with E-state index >= 15 is 0 Å². The summed E-state index contributed by atoms with van der Waals surface area (Å²) in [7, 11) is 0. The van der Waals surface area contributed by atoms with Crippen LogP contribution < -0.4 is 22.1 Å². The van der Waals surface area contributed by atoms with E-state index in [1.54, 1.807) is 45.2 Å². The first-order valence-electron chi connectivity index (χ1n) is 20.2. The number of nitrogen functional groups attached to an aromatic ring is 2. The van der Waals surface area contributed by atoms with Gasteiger partial charge in [-0.15, -0.1) is 12.4 Å². The van der Waals surface area contributed by atoms with Gasteiger partial charge in [-0.1, -0.05) is 88.1 Å². The van der Waals surface area contributed by atoms with Gasteiger partial charge in [0.1, 0.15) is 5.60 Å². The minimum atomic E-state index is -0.674. The number of nitrogens with one attached hydrogen (secondary N) is 3. The lowest BCUT2D eigenvalue weighted by Gasteiger charge is -2.20. The molecule has 0 spiro atoms. The lowest BCUT2D eigenvalue weighted by molar-refractivity contribution is 0.0543. The number of halogens is 1. The number of anilines is 4. The molecule has 2 aromatic heterocycles. The molecule has 0 radical (unpaired) electrons. The minimum absolute atomic E-state index is 0. The number of nitrogens with zero attached hydrogens (tertiary/aromatic N) is 3. The summed E-state index contributed by atoms with van der Waals surface area (Å²) in [6.45, 7) is 9.73. The molecule has 2 heterocycles. The van der Waals surface area contributed by atoms with Gasteiger partial charge in [0.2, 0.25) is 5.95 Å². The van der Waals surface area contributed by atoms with Crippen LogP contribution in [0.1, 0.15) is 105 Å². The summed E-state index contributed by atoms with van der Waals surface area (Å²) in [5.41, 5.74) is 18.8. The van der Waals surface area contributed by atoms with Crippen molar-refractivity contribution in [2.24, 2.45) is 0 Å². The summed E-state index contributed by atoms with van der Waals surface area (Å²) in [4.78, 5) is 48.9. The molecule has 12 nitrogen and oxygen atoms in total. The summed E-state index contributed by atoms with van der Waals surface area (Å²) < 4.78 is 6.68. The normalized spacial score (nSPS) is 10.8. The SMILES string of the molecule is CCCCCc1ccc(C(=O)Nc2cccc(-c3cnc(N)[nH]3)c2)cc1.CCCCCc1ccc(C(=O)Nc2cccc(-c3cnc(N)n3C(=O)OC(C)(C)C)c2)cc1.Cl. The zero-order valence-electron chi connectivity index (χ0n) is 35.1. The van der Waals surface area contributed by atoms with E-state index < -0.39 is 11.7 Å². The number of aromatic nitrogens is 4. The van der Waals surface area contributed by atoms with E-state index in [1.807, 2.05) is 78.9 Å². The fourth-order valence-electron chi connectivity index (χ4n) is 6.28. The Kier molecular flexibility index (Phi) is 17.1. The zero-order chi connectivity index (χ0) is 42.4. The first-order valence-corrected chi connectivity index (χ1v) is 20.2. The summed E-state index contributed by atoms with van der Waals surface area (Å²) in [6, 6.07) is 30.3. The molecular weight excluding hydrogens is 776 g/mol. The van der Waals surface area contributed by atoms with Gasteiger partial charge < -0.3 is 31.8 Å². The zero-order valence-corrected chi connectivity index (χ0v) is 35.9. The van der Waals surface area contributed by atoms with Crippen molar-refractivity contribution in [3.63, 3.8) is 0 Å². The van der Waals surface area contributed by atoms with E-state index in [0.717, 1.165) is 36.2 Å². The molecule has 4 aromatic carbocycles. The van der Waals surface area contributed by atoms with Crippen LogP contribution in [0.2, 0.25) is 0 Å². The summed E-state index contributed by atoms with van der Waals surface area (Å²) in [5, 5.41) is 5.86. The number of aryl methyl sites for hydroxylation is 2. The van der Waals surface area contributed by atoms with Crippen LogP contribution in [0.3, 0.4) is 0 Å². The summed E-state index contributed by atoms with van der Waals surface area (Å²) >= 11 is 0. The number of H-pyrrole nitrogens is 1. The van der Waals surface area contributed by atoms with Crippen LogP contribution in [0, 0.1) is 0 Å². The van der Waals surface area contributed by atoms with Crippen molar-refractivity contribution in [3.8, 4) is 22.5 Å². The Morgan fingerprint density at radius 2 is 1.18 bits per heavy atom. The smallest absolute Gasteiger partial charge is 0.421 e. The molecule has 0 aliphatic heterocycles. The Hall–Kier alpha value is -6.40. The Morgan fingerprint density at radius 1 is 0.683 bits per heavy atom. The number of amides is 2. The van der Waals surface area contributed by atoms with E-state index in [-0.39, 0.29) is 30.2 Å². The molecule has 0 bridgehead atoms. The Balaban J connectivity index is 0.000000267. The number of rotatable bonds is 14. The fourth-order valence-corrected chi connectivity index (χ4v) is 6.28. The lowest BCUT2D eigenvalue weighted by atomic mass is 10.0. The maximum absolute atomic E-state index is 12.7. The van der Waals surface area contributed by atoms with Gasteiger partial charge in [-0.25, -0.2) is 19.3 Å². The second-order valence-corrected chi connectivity index (χ2v) is 15.4. The van der Waals surface area contributed by atoms with Crippen molar-refractivity contribution in [3.05, 3.63) is 132 Å². The van der Waals surface area contributed by atoms with E-state index in [0.29, 0.717) is 34.0 Å². The van der Waals surface area contributed by atoms with Gasteiger partial charge in [0.15, 0.2) is 5.95 Å². The quantitative estimate of drug-likeness (QED) is 0.0672. The molecule has 0 fully saturated rings. The van der Waals surface area contributed by atoms with Crippen LogP contribution in [0.25, 0.3) is 22.5 Å². The maximum atomic E-state index is 12.7. The van der Waals surface area contributed by atoms with Crippen molar-refractivity contribution in [2.45, 2.75) is 91.6 Å². The lowest BCUT2D eigenvalue weighted by Crippen LogP contribution is -2.28. The molecule has 6 aromatic rings. The maximum Gasteiger partial charge on any atom is 0.421 e. The Labute approximate surface area is 359 Å². The largest absolute Gasteiger partial charge is 0.443 e. The van der Waals surface area contributed by atoms with Gasteiger partial charge in [0.25, 0.3) is 11.8 Å². The average molecular weight is 833 g/mol. The van der Waals surface area contributed by atoms with E-state index in [1.165, 1.54) is 54.0 Å². The number of hydrogen-bond acceptors (Lipinski definition) is 8. The molecule has 2 amide bonds. The average Bonchev–Trinajstić information content (AvgIpc) is 3.84. The third-order valence-electron chi connectivity index (χ3n) is 9.38. The van der Waals surface area contributed by atoms with Gasteiger partial charge in [-0.3, -0.25) is 9.59 Å². The summed E-state index contributed by atoms with van der Waals surface area (Å²) in [5.74, 6) is 0.0833. The Morgan fingerprint density at radius 3 is 1.65 bits per heavy atom. The third-order valence-corrected chi connectivity index (χ3v) is 9.38. The van der Waals surface area contributed by atoms with Crippen LogP contribution in [-0.4, -0.2) is 43.0 Å². The van der Waals surface area contributed by atoms with Gasteiger partial charge in [-0.2, -0.15) is 0 Å². The van der Waals surface area contributed by atoms with E-state index in [4.69, 9.17) is 16.2 Å². The molecule has 6 rings (SSSR count). The second-order valence-electron chi connectivity index (χ2n) is 15.4. The highest BCUT2D eigenvalue weighted by Crippen LogP contribution is 2.27. The molecule has 60 heavy (non-hydrogen) atoms. The molecule has 0 atom stereocenters. The highest BCUT2D eigenvalue weighted by atomic mass is 35.5. The van der Waals surface area contributed by atoms with Gasteiger partial charge in [0, 0.05) is 33.6 Å². The second kappa shape index (κ2) is 22.1. The standard InChI is InChI=1S/C26H32N4O3.C21H24N4O.ClH/c1-5-6-7-9-18-12-14-19(15-13-18)23(31)29-21-11-8-10-20(16-21)22-17-28-24(27)30(22)25(32)33-26(2,3)4;1-2-3-4-6-15-9-11-16(12-10-15)20(26)24-18-8-5-7-17(13-18)19-14-23-21(22)25-19;/h8,10-17H,5-7,9H2,1-4H3,(H2,27,28)(H,29,31);5,7-14H,2-4,6H2,1H3,(H,24,26)(H3,22,23,25);1H. The summed E-state index contributed by atoms with van der Waals surface area (Å²) in [6.07, 6.45) is 11.8. The number of carbonyl (C=O) groups excluding carboxylic acids is 3. The molecular formula is C47H57ClN8O4. The van der Waals surface area contributed by atoms with E-state index in [2.05, 4.69) is 39.4 Å². The van der Waals surface area contributed by atoms with Crippen LogP contribution in [0.4, 0.5) is 28.1 Å². The molecule has 0 saturated carbocycles. The van der Waals surface area contributed by atoms with Crippen molar-refractivity contribution in [1.82, 2.24) is 19.5 Å². The first-order chi connectivity index (χ1) is 28.3. The first kappa shape index (κ1) is 46.3. The van der Waals surface area contributed by atoms with Crippen molar-refractivity contribution in [1.29, 1.82) is 0 Å². The van der Waals surface area contributed by atoms with E-state index in [9.17, 15) is 14.4 Å². The van der Waals surface area contributed by atoms with Crippen molar-refractivity contribution in [2.75, 3.05) is 22.1 Å². The predicted octanol–water partition coefficient (Wildman–Crippen LogP) is 11.0. The molecule has 316 valence electrons. The number of hydrogen-bond donors (Lipinski definition) is 5. The fraction of sp³-hybridized carbons (Fsp3) is 0.298. The van der Waals surface area contributed by atoms with Gasteiger partial charge in [-0.05, 0) is 106 Å². The number of aromatic amines is 1. The van der Waals surface area contributed by atoms with Gasteiger partial charge in [0.05, 0.1) is 23.8 Å². The Bertz CT molecular complexity index is 2310. The van der Waals surface area contributed by atoms with Crippen molar-refractivity contribution < 1.29 is 19.1 Å². The number of unbranched alkanes of at least 4 members (excludes halogenated alkanes) is 4. The number of imidazole rings is 2. The molecule has 0 aliphatic carbocycles. The van der Waals surface area contributed by atoms with Crippen LogP contribution in [0.5, 0.6) is 0 Å². The van der Waals surface area contributed by atoms with Crippen LogP contribution in [-0.2, 0) is 17.6 Å². The monoisotopic (exact) mass is 832 g/mol. The topological polar surface area (TPSA) is 183 Å². The van der Waals surface area contributed by atoms with Gasteiger partial charge >= 0.3 is 6.09 Å².